The van der Waals surface area contributed by atoms with Crippen LogP contribution < -0.4 is 0 Å². The molecule has 66 heavy (non-hydrogen) atoms. The van der Waals surface area contributed by atoms with Gasteiger partial charge >= 0.3 is 0 Å². The minimum atomic E-state index is 0.0295. The van der Waals surface area contributed by atoms with Crippen molar-refractivity contribution < 1.29 is 0 Å². The summed E-state index contributed by atoms with van der Waals surface area (Å²) in [5.74, 6) is 1.94. The Labute approximate surface area is 398 Å². The summed E-state index contributed by atoms with van der Waals surface area (Å²) in [6.45, 7) is 41.2. The lowest BCUT2D eigenvalue weighted by molar-refractivity contribution is 0.568. The molecular formula is C63H75N3. The van der Waals surface area contributed by atoms with Crippen molar-refractivity contribution in [3.63, 3.8) is 0 Å². The molecule has 0 N–H and O–H groups in total. The van der Waals surface area contributed by atoms with Crippen LogP contribution in [0.3, 0.4) is 0 Å². The zero-order chi connectivity index (χ0) is 48.4. The summed E-state index contributed by atoms with van der Waals surface area (Å²) < 4.78 is 0. The van der Waals surface area contributed by atoms with Crippen molar-refractivity contribution in [2.75, 3.05) is 0 Å². The van der Waals surface area contributed by atoms with Crippen LogP contribution in [0.15, 0.2) is 127 Å². The van der Waals surface area contributed by atoms with E-state index in [0.29, 0.717) is 17.5 Å². The lowest BCUT2D eigenvalue weighted by atomic mass is 9.79. The highest BCUT2D eigenvalue weighted by Crippen LogP contribution is 2.39. The van der Waals surface area contributed by atoms with Gasteiger partial charge in [0.1, 0.15) is 0 Å². The van der Waals surface area contributed by atoms with Crippen molar-refractivity contribution in [1.29, 1.82) is 0 Å². The predicted molar refractivity (Wildman–Crippen MR) is 285 cm³/mol. The van der Waals surface area contributed by atoms with Gasteiger partial charge < -0.3 is 0 Å². The third kappa shape index (κ3) is 10.9. The molecule has 0 radical (unpaired) electrons. The first-order chi connectivity index (χ1) is 30.4. The van der Waals surface area contributed by atoms with Gasteiger partial charge in [0.15, 0.2) is 17.5 Å². The van der Waals surface area contributed by atoms with Crippen LogP contribution in [0.25, 0.3) is 67.5 Å². The van der Waals surface area contributed by atoms with Crippen molar-refractivity contribution in [3.05, 3.63) is 161 Å². The minimum Gasteiger partial charge on any atom is -0.208 e. The highest BCUT2D eigenvalue weighted by atomic mass is 15.0. The van der Waals surface area contributed by atoms with Crippen LogP contribution in [-0.4, -0.2) is 15.0 Å². The third-order valence-electron chi connectivity index (χ3n) is 13.1. The van der Waals surface area contributed by atoms with E-state index in [-0.39, 0.29) is 32.5 Å². The molecule has 0 atom stereocenters. The van der Waals surface area contributed by atoms with Crippen LogP contribution in [0.5, 0.6) is 0 Å². The fraction of sp³-hybridized carbons (Fsp3) is 0.381. The average molecular weight is 874 g/mol. The summed E-state index contributed by atoms with van der Waals surface area (Å²) in [6.07, 6.45) is 0. The fourth-order valence-electron chi connectivity index (χ4n) is 8.18. The normalized spacial score (nSPS) is 13.0. The minimum absolute atomic E-state index is 0.0295. The zero-order valence-electron chi connectivity index (χ0n) is 43.5. The SMILES string of the molecule is CC(C)(C)c1cc(-c2ccc(-c3nc(-c4ccc(-c5cc(C(C)(C)C)cc(C(C)(C)C)c5)cc4)nc(-c4ccc(-c5cc(C(C)(C)C)cc(C(C)(C)C)c5)cc4)n3)cc2)cc(C(C)(C)C)c1. The molecule has 1 aromatic heterocycles. The Kier molecular flexibility index (Phi) is 12.6. The first kappa shape index (κ1) is 48.3. The van der Waals surface area contributed by atoms with Gasteiger partial charge in [-0.2, -0.15) is 0 Å². The number of aromatic nitrogens is 3. The fourth-order valence-corrected chi connectivity index (χ4v) is 8.18. The summed E-state index contributed by atoms with van der Waals surface area (Å²) in [4.78, 5) is 15.6. The largest absolute Gasteiger partial charge is 0.208 e. The number of nitrogens with zero attached hydrogens (tertiary/aromatic N) is 3. The second-order valence-electron chi connectivity index (χ2n) is 24.9. The number of hydrogen-bond acceptors (Lipinski definition) is 3. The van der Waals surface area contributed by atoms with E-state index in [4.69, 9.17) is 15.0 Å². The van der Waals surface area contributed by atoms with Crippen LogP contribution in [-0.2, 0) is 32.5 Å². The number of benzene rings is 6. The summed E-state index contributed by atoms with van der Waals surface area (Å²) in [7, 11) is 0. The van der Waals surface area contributed by atoms with E-state index in [1.165, 1.54) is 66.8 Å². The maximum Gasteiger partial charge on any atom is 0.164 e. The van der Waals surface area contributed by atoms with Gasteiger partial charge in [-0.05, 0) is 99.3 Å². The molecule has 3 nitrogen and oxygen atoms in total. The molecule has 0 unspecified atom stereocenters. The maximum atomic E-state index is 5.20. The van der Waals surface area contributed by atoms with Gasteiger partial charge in [0.05, 0.1) is 0 Å². The Hall–Kier alpha value is -5.67. The molecule has 0 saturated carbocycles. The summed E-state index contributed by atoms with van der Waals surface area (Å²) in [6, 6.07) is 47.5. The smallest absolute Gasteiger partial charge is 0.164 e. The van der Waals surface area contributed by atoms with Crippen molar-refractivity contribution in [1.82, 2.24) is 15.0 Å². The maximum absolute atomic E-state index is 5.20. The van der Waals surface area contributed by atoms with Gasteiger partial charge in [-0.25, -0.2) is 15.0 Å². The molecule has 0 aliphatic rings. The predicted octanol–water partition coefficient (Wildman–Crippen LogP) is 17.7. The van der Waals surface area contributed by atoms with E-state index < -0.39 is 0 Å². The Bertz CT molecular complexity index is 2430. The van der Waals surface area contributed by atoms with Crippen LogP contribution in [0, 0.1) is 0 Å². The molecule has 0 bridgehead atoms. The highest BCUT2D eigenvalue weighted by Gasteiger charge is 2.24. The second kappa shape index (κ2) is 17.2. The molecule has 0 fully saturated rings. The van der Waals surface area contributed by atoms with Gasteiger partial charge in [0.25, 0.3) is 0 Å². The van der Waals surface area contributed by atoms with E-state index in [1.807, 2.05) is 0 Å². The monoisotopic (exact) mass is 874 g/mol. The van der Waals surface area contributed by atoms with E-state index in [9.17, 15) is 0 Å². The van der Waals surface area contributed by atoms with E-state index in [1.54, 1.807) is 0 Å². The Balaban J connectivity index is 1.33. The molecule has 0 saturated heterocycles. The van der Waals surface area contributed by atoms with Gasteiger partial charge in [-0.1, -0.05) is 252 Å². The number of rotatable bonds is 6. The summed E-state index contributed by atoms with van der Waals surface area (Å²) in [5.41, 5.74) is 18.2. The first-order valence-electron chi connectivity index (χ1n) is 24.0. The molecule has 0 spiro atoms. The second-order valence-corrected chi connectivity index (χ2v) is 24.9. The van der Waals surface area contributed by atoms with Crippen LogP contribution in [0.2, 0.25) is 0 Å². The quantitative estimate of drug-likeness (QED) is 0.167. The molecule has 342 valence electrons. The molecule has 3 heteroatoms. The van der Waals surface area contributed by atoms with Crippen molar-refractivity contribution >= 4 is 0 Å². The molecule has 0 aliphatic heterocycles. The molecule has 0 amide bonds. The van der Waals surface area contributed by atoms with E-state index in [0.717, 1.165) is 16.7 Å². The summed E-state index contributed by atoms with van der Waals surface area (Å²) >= 11 is 0. The van der Waals surface area contributed by atoms with Gasteiger partial charge in [0, 0.05) is 16.7 Å². The van der Waals surface area contributed by atoms with E-state index in [2.05, 4.69) is 252 Å². The van der Waals surface area contributed by atoms with Crippen LogP contribution in [0.4, 0.5) is 0 Å². The first-order valence-corrected chi connectivity index (χ1v) is 24.0. The lowest BCUT2D eigenvalue weighted by Crippen LogP contribution is -2.16. The molecule has 7 aromatic rings. The Morgan fingerprint density at radius 1 is 0.197 bits per heavy atom. The van der Waals surface area contributed by atoms with Crippen molar-refractivity contribution in [3.8, 4) is 67.5 Å². The molecule has 7 rings (SSSR count). The Morgan fingerprint density at radius 2 is 0.348 bits per heavy atom. The average Bonchev–Trinajstić information content (AvgIpc) is 3.24. The standard InChI is InChI=1S/C63H75N3/c1-58(2,3)49-31-46(32-50(37-49)59(4,5)6)40-19-25-43(26-20-40)55-64-56(44-27-21-41(22-28-44)47-33-51(60(7,8)9)38-52(34-47)61(10,11)12)66-57(65-55)45-29-23-42(24-30-45)48-35-53(62(13,14)15)39-54(36-48)63(16,17)18/h19-39H,1-18H3. The van der Waals surface area contributed by atoms with Crippen molar-refractivity contribution in [2.24, 2.45) is 0 Å². The Morgan fingerprint density at radius 3 is 0.500 bits per heavy atom. The summed E-state index contributed by atoms with van der Waals surface area (Å²) in [5, 5.41) is 0. The van der Waals surface area contributed by atoms with Gasteiger partial charge in [0.2, 0.25) is 0 Å². The topological polar surface area (TPSA) is 38.7 Å². The zero-order valence-corrected chi connectivity index (χ0v) is 43.5. The molecule has 0 aliphatic carbocycles. The molecule has 6 aromatic carbocycles. The van der Waals surface area contributed by atoms with Crippen LogP contribution >= 0.6 is 0 Å². The van der Waals surface area contributed by atoms with Gasteiger partial charge in [-0.3, -0.25) is 0 Å². The lowest BCUT2D eigenvalue weighted by Gasteiger charge is -2.26. The van der Waals surface area contributed by atoms with Gasteiger partial charge in [-0.15, -0.1) is 0 Å². The number of hydrogen-bond donors (Lipinski definition) is 0. The van der Waals surface area contributed by atoms with Crippen LogP contribution in [0.1, 0.15) is 158 Å². The molecular weight excluding hydrogens is 799 g/mol. The van der Waals surface area contributed by atoms with E-state index >= 15 is 0 Å². The third-order valence-corrected chi connectivity index (χ3v) is 13.1. The molecule has 1 heterocycles. The highest BCUT2D eigenvalue weighted by molar-refractivity contribution is 5.75. The van der Waals surface area contributed by atoms with Crippen molar-refractivity contribution in [2.45, 2.75) is 157 Å².